The summed E-state index contributed by atoms with van der Waals surface area (Å²) >= 11 is 0. The predicted octanol–water partition coefficient (Wildman–Crippen LogP) is 3.05. The lowest BCUT2D eigenvalue weighted by molar-refractivity contribution is 0.392. The van der Waals surface area contributed by atoms with Crippen LogP contribution in [-0.4, -0.2) is 12.6 Å². The van der Waals surface area contributed by atoms with E-state index in [1.165, 1.54) is 5.56 Å². The summed E-state index contributed by atoms with van der Waals surface area (Å²) in [6, 6.07) is 11.4. The molecule has 1 aromatic rings. The van der Waals surface area contributed by atoms with Gasteiger partial charge in [-0.25, -0.2) is 5.32 Å². The van der Waals surface area contributed by atoms with Gasteiger partial charge >= 0.3 is 0 Å². The first-order chi connectivity index (χ1) is 7.20. The van der Waals surface area contributed by atoms with Crippen LogP contribution in [0.2, 0.25) is 0 Å². The second kappa shape index (κ2) is 4.36. The molecular formula is C14H20N. The van der Waals surface area contributed by atoms with Crippen molar-refractivity contribution in [2.45, 2.75) is 32.7 Å². The smallest absolute Gasteiger partial charge is 0.0340 e. The minimum absolute atomic E-state index is 0.516. The summed E-state index contributed by atoms with van der Waals surface area (Å²) in [5.74, 6) is 1.98. The number of hydrogen-bond donors (Lipinski definition) is 0. The molecule has 1 heteroatoms. The van der Waals surface area contributed by atoms with E-state index in [1.54, 1.807) is 0 Å². The summed E-state index contributed by atoms with van der Waals surface area (Å²) in [5.41, 5.74) is 1.46. The topological polar surface area (TPSA) is 14.1 Å². The minimum atomic E-state index is 0.516. The molecule has 15 heavy (non-hydrogen) atoms. The average Bonchev–Trinajstić information content (AvgIpc) is 2.61. The summed E-state index contributed by atoms with van der Waals surface area (Å²) in [6.45, 7) is 7.91. The van der Waals surface area contributed by atoms with Gasteiger partial charge in [0.2, 0.25) is 0 Å². The molecule has 3 unspecified atom stereocenters. The quantitative estimate of drug-likeness (QED) is 0.700. The van der Waals surface area contributed by atoms with Crippen LogP contribution in [0.1, 0.15) is 32.3 Å². The van der Waals surface area contributed by atoms with E-state index >= 15 is 0 Å². The van der Waals surface area contributed by atoms with Crippen molar-refractivity contribution in [1.29, 1.82) is 0 Å². The van der Waals surface area contributed by atoms with Crippen LogP contribution in [0.15, 0.2) is 30.3 Å². The molecule has 0 aromatic heterocycles. The third kappa shape index (κ3) is 2.07. The molecule has 1 fully saturated rings. The van der Waals surface area contributed by atoms with E-state index in [0.717, 1.165) is 6.54 Å². The molecule has 0 N–H and O–H groups in total. The molecule has 1 nitrogen and oxygen atoms in total. The van der Waals surface area contributed by atoms with Gasteiger partial charge in [0.1, 0.15) is 0 Å². The minimum Gasteiger partial charge on any atom is -0.237 e. The molecule has 1 aromatic carbocycles. The maximum Gasteiger partial charge on any atom is 0.0340 e. The van der Waals surface area contributed by atoms with Crippen molar-refractivity contribution in [1.82, 2.24) is 5.32 Å². The van der Waals surface area contributed by atoms with Crippen molar-refractivity contribution < 1.29 is 0 Å². The second-order valence-electron chi connectivity index (χ2n) is 5.01. The summed E-state index contributed by atoms with van der Waals surface area (Å²) in [6.07, 6.45) is 0. The van der Waals surface area contributed by atoms with Crippen molar-refractivity contribution in [3.63, 3.8) is 0 Å². The summed E-state index contributed by atoms with van der Waals surface area (Å²) in [7, 11) is 0. The van der Waals surface area contributed by atoms with E-state index < -0.39 is 0 Å². The van der Waals surface area contributed by atoms with E-state index in [-0.39, 0.29) is 0 Å². The Labute approximate surface area is 92.9 Å². The van der Waals surface area contributed by atoms with E-state index in [1.807, 2.05) is 0 Å². The van der Waals surface area contributed by atoms with Gasteiger partial charge in [-0.15, -0.1) is 0 Å². The molecule has 3 atom stereocenters. The van der Waals surface area contributed by atoms with Gasteiger partial charge in [-0.05, 0) is 17.4 Å². The van der Waals surface area contributed by atoms with Crippen LogP contribution in [0.3, 0.4) is 0 Å². The summed E-state index contributed by atoms with van der Waals surface area (Å²) < 4.78 is 0. The SMILES string of the molecule is CC(C)C1[N]CC(C)C1c1ccccc1. The van der Waals surface area contributed by atoms with Crippen LogP contribution >= 0.6 is 0 Å². The van der Waals surface area contributed by atoms with E-state index in [9.17, 15) is 0 Å². The van der Waals surface area contributed by atoms with Gasteiger partial charge in [0.05, 0.1) is 0 Å². The Morgan fingerprint density at radius 1 is 1.20 bits per heavy atom. The standard InChI is InChI=1S/C14H20N/c1-10(2)14-13(11(3)9-15-14)12-7-5-4-6-8-12/h4-8,10-11,13-14H,9H2,1-3H3. The summed E-state index contributed by atoms with van der Waals surface area (Å²) in [4.78, 5) is 0. The van der Waals surface area contributed by atoms with Crippen LogP contribution in [0.25, 0.3) is 0 Å². The number of hydrogen-bond acceptors (Lipinski definition) is 0. The molecule has 1 radical (unpaired) electrons. The Kier molecular flexibility index (Phi) is 3.11. The maximum absolute atomic E-state index is 4.77. The first kappa shape index (κ1) is 10.7. The fourth-order valence-electron chi connectivity index (χ4n) is 2.68. The lowest BCUT2D eigenvalue weighted by Gasteiger charge is -2.24. The zero-order valence-electron chi connectivity index (χ0n) is 9.85. The molecule has 1 aliphatic rings. The van der Waals surface area contributed by atoms with Crippen LogP contribution < -0.4 is 5.32 Å². The monoisotopic (exact) mass is 202 g/mol. The highest BCUT2D eigenvalue weighted by atomic mass is 15.0. The van der Waals surface area contributed by atoms with Crippen molar-refractivity contribution in [2.75, 3.05) is 6.54 Å². The zero-order valence-corrected chi connectivity index (χ0v) is 9.85. The predicted molar refractivity (Wildman–Crippen MR) is 64.0 cm³/mol. The molecular weight excluding hydrogens is 182 g/mol. The summed E-state index contributed by atoms with van der Waals surface area (Å²) in [5, 5.41) is 4.77. The first-order valence-corrected chi connectivity index (χ1v) is 5.91. The van der Waals surface area contributed by atoms with E-state index in [4.69, 9.17) is 5.32 Å². The molecule has 0 spiro atoms. The highest BCUT2D eigenvalue weighted by Gasteiger charge is 2.36. The Morgan fingerprint density at radius 2 is 1.87 bits per heavy atom. The third-order valence-electron chi connectivity index (χ3n) is 3.45. The number of rotatable bonds is 2. The molecule has 1 heterocycles. The first-order valence-electron chi connectivity index (χ1n) is 5.91. The normalized spacial score (nSPS) is 31.1. The van der Waals surface area contributed by atoms with Crippen molar-refractivity contribution in [2.24, 2.45) is 11.8 Å². The molecule has 0 amide bonds. The van der Waals surface area contributed by atoms with Crippen LogP contribution in [0.4, 0.5) is 0 Å². The Hall–Kier alpha value is -0.820. The van der Waals surface area contributed by atoms with Gasteiger partial charge in [-0.2, -0.15) is 0 Å². The van der Waals surface area contributed by atoms with Gasteiger partial charge in [0.15, 0.2) is 0 Å². The average molecular weight is 202 g/mol. The molecule has 2 rings (SSSR count). The van der Waals surface area contributed by atoms with Crippen molar-refractivity contribution in [3.8, 4) is 0 Å². The Morgan fingerprint density at radius 3 is 2.47 bits per heavy atom. The Balaban J connectivity index is 2.25. The molecule has 0 saturated carbocycles. The number of benzene rings is 1. The van der Waals surface area contributed by atoms with Gasteiger partial charge in [0.25, 0.3) is 0 Å². The number of nitrogens with zero attached hydrogens (tertiary/aromatic N) is 1. The zero-order chi connectivity index (χ0) is 10.8. The molecule has 1 saturated heterocycles. The van der Waals surface area contributed by atoms with Gasteiger partial charge in [0, 0.05) is 18.5 Å². The lowest BCUT2D eigenvalue weighted by Crippen LogP contribution is -2.27. The third-order valence-corrected chi connectivity index (χ3v) is 3.45. The van der Waals surface area contributed by atoms with Gasteiger partial charge in [-0.1, -0.05) is 51.1 Å². The lowest BCUT2D eigenvalue weighted by atomic mass is 9.81. The van der Waals surface area contributed by atoms with Crippen LogP contribution in [-0.2, 0) is 0 Å². The molecule has 0 bridgehead atoms. The fourth-order valence-corrected chi connectivity index (χ4v) is 2.68. The fraction of sp³-hybridized carbons (Fsp3) is 0.571. The van der Waals surface area contributed by atoms with Crippen LogP contribution in [0.5, 0.6) is 0 Å². The Bertz CT molecular complexity index is 304. The molecule has 81 valence electrons. The molecule has 1 aliphatic heterocycles. The van der Waals surface area contributed by atoms with Gasteiger partial charge < -0.3 is 0 Å². The highest BCUT2D eigenvalue weighted by molar-refractivity contribution is 5.24. The van der Waals surface area contributed by atoms with Crippen LogP contribution in [0, 0.1) is 11.8 Å². The second-order valence-corrected chi connectivity index (χ2v) is 5.01. The largest absolute Gasteiger partial charge is 0.237 e. The van der Waals surface area contributed by atoms with E-state index in [2.05, 4.69) is 51.1 Å². The van der Waals surface area contributed by atoms with E-state index in [0.29, 0.717) is 23.8 Å². The highest BCUT2D eigenvalue weighted by Crippen LogP contribution is 2.36. The van der Waals surface area contributed by atoms with Gasteiger partial charge in [-0.3, -0.25) is 0 Å². The van der Waals surface area contributed by atoms with Crippen molar-refractivity contribution >= 4 is 0 Å². The molecule has 0 aliphatic carbocycles. The maximum atomic E-state index is 4.77. The van der Waals surface area contributed by atoms with Crippen molar-refractivity contribution in [3.05, 3.63) is 35.9 Å².